The smallest absolute Gasteiger partial charge is 0.231 e. The van der Waals surface area contributed by atoms with E-state index in [-0.39, 0.29) is 0 Å². The average molecular weight is 250 g/mol. The third-order valence-electron chi connectivity index (χ3n) is 3.14. The van der Waals surface area contributed by atoms with E-state index in [0.29, 0.717) is 6.79 Å². The van der Waals surface area contributed by atoms with Crippen LogP contribution in [0.5, 0.6) is 11.5 Å². The van der Waals surface area contributed by atoms with Gasteiger partial charge < -0.3 is 19.7 Å². The van der Waals surface area contributed by atoms with Crippen molar-refractivity contribution in [1.29, 1.82) is 0 Å². The van der Waals surface area contributed by atoms with Crippen molar-refractivity contribution in [2.45, 2.75) is 13.3 Å². The van der Waals surface area contributed by atoms with Gasteiger partial charge in [0.05, 0.1) is 0 Å². The third-order valence-corrected chi connectivity index (χ3v) is 3.14. The summed E-state index contributed by atoms with van der Waals surface area (Å²) >= 11 is 0. The van der Waals surface area contributed by atoms with Crippen LogP contribution >= 0.6 is 0 Å². The lowest BCUT2D eigenvalue weighted by Crippen LogP contribution is -2.30. The van der Waals surface area contributed by atoms with E-state index in [9.17, 15) is 0 Å². The molecule has 0 fully saturated rings. The first kappa shape index (κ1) is 13.2. The highest BCUT2D eigenvalue weighted by Gasteiger charge is 2.13. The highest BCUT2D eigenvalue weighted by atomic mass is 16.7. The molecule has 0 aliphatic carbocycles. The SMILES string of the molecule is CCNCCN(C)CCc1ccc2c(c1)OCO2. The summed E-state index contributed by atoms with van der Waals surface area (Å²) in [7, 11) is 2.16. The Bertz CT molecular complexity index is 382. The van der Waals surface area contributed by atoms with Gasteiger partial charge in [-0.05, 0) is 37.7 Å². The molecule has 0 radical (unpaired) electrons. The molecular formula is C14H22N2O2. The quantitative estimate of drug-likeness (QED) is 0.744. The zero-order valence-electron chi connectivity index (χ0n) is 11.2. The molecule has 2 rings (SSSR count). The van der Waals surface area contributed by atoms with Gasteiger partial charge in [0.25, 0.3) is 0 Å². The largest absolute Gasteiger partial charge is 0.454 e. The molecular weight excluding hydrogens is 228 g/mol. The lowest BCUT2D eigenvalue weighted by Gasteiger charge is -2.16. The summed E-state index contributed by atoms with van der Waals surface area (Å²) in [6.45, 7) is 6.71. The number of hydrogen-bond acceptors (Lipinski definition) is 4. The van der Waals surface area contributed by atoms with Gasteiger partial charge in [-0.15, -0.1) is 0 Å². The second kappa shape index (κ2) is 6.61. The van der Waals surface area contributed by atoms with Crippen molar-refractivity contribution in [2.24, 2.45) is 0 Å². The lowest BCUT2D eigenvalue weighted by atomic mass is 10.1. The minimum atomic E-state index is 0.349. The first-order valence-corrected chi connectivity index (χ1v) is 6.57. The molecule has 0 aromatic heterocycles. The maximum atomic E-state index is 5.38. The van der Waals surface area contributed by atoms with Crippen molar-refractivity contribution < 1.29 is 9.47 Å². The van der Waals surface area contributed by atoms with Crippen molar-refractivity contribution in [3.05, 3.63) is 23.8 Å². The summed E-state index contributed by atoms with van der Waals surface area (Å²) in [6, 6.07) is 6.20. The van der Waals surface area contributed by atoms with Crippen LogP contribution in [-0.4, -0.2) is 44.9 Å². The topological polar surface area (TPSA) is 33.7 Å². The van der Waals surface area contributed by atoms with E-state index in [4.69, 9.17) is 9.47 Å². The third kappa shape index (κ3) is 3.62. The fraction of sp³-hybridized carbons (Fsp3) is 0.571. The van der Waals surface area contributed by atoms with Crippen LogP contribution in [0.3, 0.4) is 0 Å². The molecule has 1 aliphatic rings. The van der Waals surface area contributed by atoms with Crippen LogP contribution in [0.1, 0.15) is 12.5 Å². The number of fused-ring (bicyclic) bond motifs is 1. The van der Waals surface area contributed by atoms with Gasteiger partial charge in [0.15, 0.2) is 11.5 Å². The predicted octanol–water partition coefficient (Wildman–Crippen LogP) is 1.50. The summed E-state index contributed by atoms with van der Waals surface area (Å²) in [5.41, 5.74) is 1.30. The predicted molar refractivity (Wildman–Crippen MR) is 72.3 cm³/mol. The Morgan fingerprint density at radius 3 is 2.89 bits per heavy atom. The average Bonchev–Trinajstić information content (AvgIpc) is 2.84. The number of nitrogens with zero attached hydrogens (tertiary/aromatic N) is 1. The van der Waals surface area contributed by atoms with Crippen molar-refractivity contribution in [1.82, 2.24) is 10.2 Å². The van der Waals surface area contributed by atoms with E-state index >= 15 is 0 Å². The van der Waals surface area contributed by atoms with Crippen LogP contribution < -0.4 is 14.8 Å². The van der Waals surface area contributed by atoms with Crippen molar-refractivity contribution >= 4 is 0 Å². The molecule has 18 heavy (non-hydrogen) atoms. The van der Waals surface area contributed by atoms with Crippen LogP contribution in [-0.2, 0) is 6.42 Å². The number of rotatable bonds is 7. The summed E-state index contributed by atoms with van der Waals surface area (Å²) in [5, 5.41) is 3.33. The van der Waals surface area contributed by atoms with Crippen molar-refractivity contribution in [3.8, 4) is 11.5 Å². The zero-order chi connectivity index (χ0) is 12.8. The van der Waals surface area contributed by atoms with Crippen LogP contribution in [0.25, 0.3) is 0 Å². The minimum absolute atomic E-state index is 0.349. The number of benzene rings is 1. The van der Waals surface area contributed by atoms with E-state index < -0.39 is 0 Å². The first-order valence-electron chi connectivity index (χ1n) is 6.57. The molecule has 4 heteroatoms. The van der Waals surface area contributed by atoms with Gasteiger partial charge in [0, 0.05) is 19.6 Å². The van der Waals surface area contributed by atoms with Gasteiger partial charge in [-0.1, -0.05) is 13.0 Å². The van der Waals surface area contributed by atoms with Gasteiger partial charge in [-0.2, -0.15) is 0 Å². The first-order chi connectivity index (χ1) is 8.79. The maximum absolute atomic E-state index is 5.38. The van der Waals surface area contributed by atoms with Gasteiger partial charge in [-0.25, -0.2) is 0 Å². The molecule has 4 nitrogen and oxygen atoms in total. The van der Waals surface area contributed by atoms with Crippen molar-refractivity contribution in [3.63, 3.8) is 0 Å². The maximum Gasteiger partial charge on any atom is 0.231 e. The van der Waals surface area contributed by atoms with Crippen LogP contribution in [0.2, 0.25) is 0 Å². The molecule has 0 atom stereocenters. The Kier molecular flexibility index (Phi) is 4.84. The Labute approximate surface area is 109 Å². The van der Waals surface area contributed by atoms with Crippen LogP contribution in [0.4, 0.5) is 0 Å². The van der Waals surface area contributed by atoms with Crippen molar-refractivity contribution in [2.75, 3.05) is 40.0 Å². The molecule has 0 amide bonds. The van der Waals surface area contributed by atoms with Crippen LogP contribution in [0.15, 0.2) is 18.2 Å². The highest BCUT2D eigenvalue weighted by molar-refractivity contribution is 5.44. The molecule has 0 saturated heterocycles. The molecule has 1 aliphatic heterocycles. The zero-order valence-corrected chi connectivity index (χ0v) is 11.2. The molecule has 1 heterocycles. The fourth-order valence-electron chi connectivity index (χ4n) is 1.97. The minimum Gasteiger partial charge on any atom is -0.454 e. The van der Waals surface area contributed by atoms with E-state index in [1.54, 1.807) is 0 Å². The normalized spacial score (nSPS) is 13.3. The molecule has 1 aromatic rings. The molecule has 100 valence electrons. The lowest BCUT2D eigenvalue weighted by molar-refractivity contribution is 0.174. The number of likely N-dealkylation sites (N-methyl/N-ethyl adjacent to an activating group) is 2. The number of nitrogens with one attached hydrogen (secondary N) is 1. The second-order valence-electron chi connectivity index (χ2n) is 4.59. The standard InChI is InChI=1S/C14H22N2O2/c1-3-15-7-9-16(2)8-6-12-4-5-13-14(10-12)18-11-17-13/h4-5,10,15H,3,6-9,11H2,1-2H3. The Hall–Kier alpha value is -1.26. The number of hydrogen-bond donors (Lipinski definition) is 1. The van der Waals surface area contributed by atoms with E-state index in [2.05, 4.69) is 36.3 Å². The summed E-state index contributed by atoms with van der Waals surface area (Å²) < 4.78 is 10.7. The summed E-state index contributed by atoms with van der Waals surface area (Å²) in [4.78, 5) is 2.34. The van der Waals surface area contributed by atoms with E-state index in [0.717, 1.165) is 44.1 Å². The number of ether oxygens (including phenoxy) is 2. The van der Waals surface area contributed by atoms with Gasteiger partial charge in [0.2, 0.25) is 6.79 Å². The van der Waals surface area contributed by atoms with Gasteiger partial charge >= 0.3 is 0 Å². The molecule has 1 aromatic carbocycles. The molecule has 0 unspecified atom stereocenters. The molecule has 0 spiro atoms. The van der Waals surface area contributed by atoms with Gasteiger partial charge in [-0.3, -0.25) is 0 Å². The monoisotopic (exact) mass is 250 g/mol. The highest BCUT2D eigenvalue weighted by Crippen LogP contribution is 2.32. The Morgan fingerprint density at radius 2 is 2.06 bits per heavy atom. The van der Waals surface area contributed by atoms with E-state index in [1.807, 2.05) is 6.07 Å². The van der Waals surface area contributed by atoms with Gasteiger partial charge in [0.1, 0.15) is 0 Å². The van der Waals surface area contributed by atoms with E-state index in [1.165, 1.54) is 5.56 Å². The summed E-state index contributed by atoms with van der Waals surface area (Å²) in [5.74, 6) is 1.74. The Balaban J connectivity index is 1.76. The second-order valence-corrected chi connectivity index (χ2v) is 4.59. The molecule has 0 saturated carbocycles. The Morgan fingerprint density at radius 1 is 1.22 bits per heavy atom. The summed E-state index contributed by atoms with van der Waals surface area (Å²) in [6.07, 6.45) is 1.04. The fourth-order valence-corrected chi connectivity index (χ4v) is 1.97. The molecule has 1 N–H and O–H groups in total. The molecule has 0 bridgehead atoms. The van der Waals surface area contributed by atoms with Crippen LogP contribution in [0, 0.1) is 0 Å².